The summed E-state index contributed by atoms with van der Waals surface area (Å²) in [5.41, 5.74) is 1.47. The Labute approximate surface area is 79.8 Å². The Morgan fingerprint density at radius 1 is 1.43 bits per heavy atom. The predicted molar refractivity (Wildman–Crippen MR) is 49.6 cm³/mol. The van der Waals surface area contributed by atoms with E-state index in [0.29, 0.717) is 6.42 Å². The van der Waals surface area contributed by atoms with Crippen LogP contribution in [0.3, 0.4) is 0 Å². The van der Waals surface area contributed by atoms with E-state index in [1.807, 2.05) is 0 Å². The fourth-order valence-electron chi connectivity index (χ4n) is 1.16. The minimum Gasteiger partial charge on any atom is -0.481 e. The first-order chi connectivity index (χ1) is 6.43. The van der Waals surface area contributed by atoms with E-state index in [4.69, 9.17) is 5.11 Å². The molecule has 2 N–H and O–H groups in total. The van der Waals surface area contributed by atoms with Gasteiger partial charge in [-0.25, -0.2) is 0 Å². The minimum atomic E-state index is -0.887. The zero-order valence-electron chi connectivity index (χ0n) is 7.98. The molecule has 2 atom stereocenters. The standard InChI is InChI=1S/C8H12N2O4/c1-4(8(13)14)3-5(2)9-10-6(11)7(10)12/h4-5,9H,3H2,1-2H3,(H,13,14). The van der Waals surface area contributed by atoms with Gasteiger partial charge in [0.15, 0.2) is 0 Å². The van der Waals surface area contributed by atoms with Crippen LogP contribution in [0.2, 0.25) is 0 Å². The first-order valence-corrected chi connectivity index (χ1v) is 4.31. The Morgan fingerprint density at radius 3 is 2.29 bits per heavy atom. The number of carboxylic acid groups (broad SMARTS) is 1. The van der Waals surface area contributed by atoms with Crippen LogP contribution < -0.4 is 16.5 Å². The highest BCUT2D eigenvalue weighted by atomic mass is 16.4. The quantitative estimate of drug-likeness (QED) is 0.603. The summed E-state index contributed by atoms with van der Waals surface area (Å²) in [6, 6.07) is -0.212. The molecule has 0 saturated heterocycles. The largest absolute Gasteiger partial charge is 0.481 e. The molecule has 78 valence electrons. The molecule has 14 heavy (non-hydrogen) atoms. The van der Waals surface area contributed by atoms with Gasteiger partial charge < -0.3 is 10.5 Å². The molecule has 2 unspecified atom stereocenters. The van der Waals surface area contributed by atoms with Crippen molar-refractivity contribution in [3.05, 3.63) is 20.7 Å². The summed E-state index contributed by atoms with van der Waals surface area (Å²) in [5.74, 6) is -1.38. The number of hydrogen-bond donors (Lipinski definition) is 2. The Kier molecular flexibility index (Phi) is 2.73. The van der Waals surface area contributed by atoms with E-state index in [1.165, 1.54) is 0 Å². The van der Waals surface area contributed by atoms with Crippen molar-refractivity contribution < 1.29 is 9.90 Å². The van der Waals surface area contributed by atoms with Gasteiger partial charge in [0, 0.05) is 6.04 Å². The molecule has 6 heteroatoms. The molecule has 0 spiro atoms. The number of hydrogen-bond acceptors (Lipinski definition) is 4. The van der Waals surface area contributed by atoms with Gasteiger partial charge in [0.25, 0.3) is 0 Å². The second-order valence-electron chi connectivity index (χ2n) is 3.45. The molecule has 0 radical (unpaired) electrons. The summed E-state index contributed by atoms with van der Waals surface area (Å²) < 4.78 is 0.888. The molecule has 6 nitrogen and oxygen atoms in total. The van der Waals surface area contributed by atoms with Crippen LogP contribution in [0, 0.1) is 5.92 Å². The molecular weight excluding hydrogens is 188 g/mol. The second-order valence-corrected chi connectivity index (χ2v) is 3.45. The van der Waals surface area contributed by atoms with Crippen molar-refractivity contribution in [3.8, 4) is 0 Å². The van der Waals surface area contributed by atoms with Gasteiger partial charge in [0.1, 0.15) is 0 Å². The number of nitrogens with zero attached hydrogens (tertiary/aromatic N) is 1. The summed E-state index contributed by atoms with van der Waals surface area (Å²) in [6.45, 7) is 3.30. The van der Waals surface area contributed by atoms with Crippen molar-refractivity contribution in [2.45, 2.75) is 26.3 Å². The van der Waals surface area contributed by atoms with Gasteiger partial charge in [0.05, 0.1) is 5.92 Å². The van der Waals surface area contributed by atoms with E-state index in [1.54, 1.807) is 13.8 Å². The topological polar surface area (TPSA) is 88.4 Å². The molecule has 0 aliphatic rings. The zero-order valence-corrected chi connectivity index (χ0v) is 7.98. The van der Waals surface area contributed by atoms with E-state index in [2.05, 4.69) is 5.43 Å². The van der Waals surface area contributed by atoms with Crippen LogP contribution in [0.25, 0.3) is 0 Å². The molecular formula is C8H12N2O4. The molecule has 0 amide bonds. The molecule has 1 aromatic heterocycles. The smallest absolute Gasteiger partial charge is 0.340 e. The van der Waals surface area contributed by atoms with E-state index in [9.17, 15) is 14.4 Å². The van der Waals surface area contributed by atoms with E-state index < -0.39 is 23.0 Å². The molecule has 1 rings (SSSR count). The lowest BCUT2D eigenvalue weighted by Gasteiger charge is -2.14. The van der Waals surface area contributed by atoms with Crippen LogP contribution in [0.5, 0.6) is 0 Å². The van der Waals surface area contributed by atoms with Crippen molar-refractivity contribution in [2.24, 2.45) is 5.92 Å². The number of rotatable bonds is 5. The maximum absolute atomic E-state index is 10.6. The van der Waals surface area contributed by atoms with E-state index >= 15 is 0 Å². The number of carboxylic acids is 1. The average molecular weight is 200 g/mol. The molecule has 0 fully saturated rings. The second kappa shape index (κ2) is 3.65. The molecule has 0 saturated carbocycles. The molecule has 0 aromatic carbocycles. The van der Waals surface area contributed by atoms with Crippen molar-refractivity contribution in [2.75, 3.05) is 5.43 Å². The Balaban J connectivity index is 2.41. The van der Waals surface area contributed by atoms with Crippen molar-refractivity contribution in [1.29, 1.82) is 0 Å². The third kappa shape index (κ3) is 2.21. The maximum atomic E-state index is 10.6. The highest BCUT2D eigenvalue weighted by Crippen LogP contribution is 2.05. The fourth-order valence-corrected chi connectivity index (χ4v) is 1.16. The SMILES string of the molecule is CC(CC(C)C(=O)O)Nn1c(=O)c1=O. The Hall–Kier alpha value is -1.59. The first-order valence-electron chi connectivity index (χ1n) is 4.31. The number of aromatic nitrogens is 1. The molecule has 1 aromatic rings. The lowest BCUT2D eigenvalue weighted by atomic mass is 10.0. The van der Waals surface area contributed by atoms with E-state index in [-0.39, 0.29) is 6.04 Å². The van der Waals surface area contributed by atoms with E-state index in [0.717, 1.165) is 4.68 Å². The summed E-state index contributed by atoms with van der Waals surface area (Å²) >= 11 is 0. The van der Waals surface area contributed by atoms with Crippen molar-refractivity contribution >= 4 is 5.97 Å². The van der Waals surface area contributed by atoms with Crippen LogP contribution in [0.1, 0.15) is 20.3 Å². The third-order valence-electron chi connectivity index (χ3n) is 2.02. The van der Waals surface area contributed by atoms with Gasteiger partial charge >= 0.3 is 17.1 Å². The summed E-state index contributed by atoms with van der Waals surface area (Å²) in [4.78, 5) is 31.6. The van der Waals surface area contributed by atoms with Gasteiger partial charge in [-0.15, -0.1) is 0 Å². The number of carbonyl (C=O) groups is 1. The van der Waals surface area contributed by atoms with Crippen LogP contribution in [0.4, 0.5) is 0 Å². The lowest BCUT2D eigenvalue weighted by molar-refractivity contribution is -0.141. The van der Waals surface area contributed by atoms with Gasteiger partial charge in [0.2, 0.25) is 0 Å². The summed E-state index contributed by atoms with van der Waals surface area (Å²) in [6.07, 6.45) is 0.367. The molecule has 0 bridgehead atoms. The number of aliphatic carboxylic acids is 1. The molecule has 0 aliphatic heterocycles. The maximum Gasteiger partial charge on any atom is 0.340 e. The Morgan fingerprint density at radius 2 is 1.93 bits per heavy atom. The minimum absolute atomic E-state index is 0.212. The van der Waals surface area contributed by atoms with Gasteiger partial charge in [-0.05, 0) is 13.3 Å². The fraction of sp³-hybridized carbons (Fsp3) is 0.625. The van der Waals surface area contributed by atoms with Gasteiger partial charge in [-0.3, -0.25) is 14.4 Å². The number of nitrogens with one attached hydrogen (secondary N) is 1. The lowest BCUT2D eigenvalue weighted by Crippen LogP contribution is -2.28. The summed E-state index contributed by atoms with van der Waals surface area (Å²) in [5, 5.41) is 8.61. The van der Waals surface area contributed by atoms with Crippen LogP contribution >= 0.6 is 0 Å². The van der Waals surface area contributed by atoms with Crippen LogP contribution in [-0.4, -0.2) is 21.8 Å². The molecule has 0 aliphatic carbocycles. The zero-order chi connectivity index (χ0) is 10.9. The predicted octanol–water partition coefficient (Wildman–Crippen LogP) is -0.873. The first kappa shape index (κ1) is 10.5. The highest BCUT2D eigenvalue weighted by Gasteiger charge is 2.20. The normalized spacial score (nSPS) is 15.3. The van der Waals surface area contributed by atoms with Gasteiger partial charge in [-0.1, -0.05) is 6.92 Å². The van der Waals surface area contributed by atoms with Crippen molar-refractivity contribution in [1.82, 2.24) is 4.68 Å². The third-order valence-corrected chi connectivity index (χ3v) is 2.02. The van der Waals surface area contributed by atoms with Crippen LogP contribution in [0.15, 0.2) is 9.59 Å². The van der Waals surface area contributed by atoms with Gasteiger partial charge in [-0.2, -0.15) is 4.68 Å². The molecule has 1 heterocycles. The monoisotopic (exact) mass is 200 g/mol. The highest BCUT2D eigenvalue weighted by molar-refractivity contribution is 5.69. The van der Waals surface area contributed by atoms with Crippen LogP contribution in [-0.2, 0) is 4.79 Å². The van der Waals surface area contributed by atoms with Crippen molar-refractivity contribution in [3.63, 3.8) is 0 Å². The Bertz CT molecular complexity index is 377. The summed E-state index contributed by atoms with van der Waals surface area (Å²) in [7, 11) is 0. The average Bonchev–Trinajstić information content (AvgIpc) is 2.62.